The maximum Gasteiger partial charge on any atom is 0.229 e. The van der Waals surface area contributed by atoms with E-state index in [-0.39, 0.29) is 23.8 Å². The van der Waals surface area contributed by atoms with E-state index in [9.17, 15) is 9.59 Å². The maximum absolute atomic E-state index is 12.6. The highest BCUT2D eigenvalue weighted by atomic mass is 35.5. The van der Waals surface area contributed by atoms with Gasteiger partial charge < -0.3 is 15.1 Å². The molecule has 0 bridgehead atoms. The fourth-order valence-corrected chi connectivity index (χ4v) is 3.94. The standard InChI is InChI=1S/C19H26ClN3O2/c1-13(2)22-9-7-14(8-10-22)19(25)21-15-11-18(24)23(12-15)17-6-4-3-5-16(17)20/h3-6,13-15H,7-12H2,1-2H3,(H,21,25). The second kappa shape index (κ2) is 7.75. The van der Waals surface area contributed by atoms with Gasteiger partial charge in [-0.05, 0) is 51.9 Å². The van der Waals surface area contributed by atoms with E-state index in [1.807, 2.05) is 18.2 Å². The summed E-state index contributed by atoms with van der Waals surface area (Å²) in [4.78, 5) is 29.0. The number of carbonyl (C=O) groups excluding carboxylic acids is 2. The summed E-state index contributed by atoms with van der Waals surface area (Å²) in [7, 11) is 0. The molecule has 1 aromatic carbocycles. The number of halogens is 1. The molecule has 0 aromatic heterocycles. The summed E-state index contributed by atoms with van der Waals surface area (Å²) in [5, 5.41) is 3.64. The van der Waals surface area contributed by atoms with Gasteiger partial charge in [-0.1, -0.05) is 23.7 Å². The highest BCUT2D eigenvalue weighted by molar-refractivity contribution is 6.33. The SMILES string of the molecule is CC(C)N1CCC(C(=O)NC2CC(=O)N(c3ccccc3Cl)C2)CC1. The van der Waals surface area contributed by atoms with E-state index in [0.717, 1.165) is 31.6 Å². The zero-order valence-corrected chi connectivity index (χ0v) is 15.6. The predicted octanol–water partition coefficient (Wildman–Crippen LogP) is 2.68. The third-order valence-electron chi connectivity index (χ3n) is 5.25. The first-order valence-electron chi connectivity index (χ1n) is 9.05. The Kier molecular flexibility index (Phi) is 5.64. The minimum atomic E-state index is -0.139. The molecule has 3 rings (SSSR count). The predicted molar refractivity (Wildman–Crippen MR) is 99.8 cm³/mol. The van der Waals surface area contributed by atoms with Crippen LogP contribution in [0.15, 0.2) is 24.3 Å². The minimum Gasteiger partial charge on any atom is -0.351 e. The first-order chi connectivity index (χ1) is 12.0. The van der Waals surface area contributed by atoms with Crippen LogP contribution in [0.25, 0.3) is 0 Å². The van der Waals surface area contributed by atoms with E-state index in [1.165, 1.54) is 0 Å². The minimum absolute atomic E-state index is 0.00743. The smallest absolute Gasteiger partial charge is 0.229 e. The summed E-state index contributed by atoms with van der Waals surface area (Å²) in [6.07, 6.45) is 2.11. The zero-order chi connectivity index (χ0) is 18.0. The van der Waals surface area contributed by atoms with Crippen molar-refractivity contribution in [3.8, 4) is 0 Å². The molecule has 0 radical (unpaired) electrons. The number of benzene rings is 1. The Morgan fingerprint density at radius 2 is 1.92 bits per heavy atom. The molecule has 2 fully saturated rings. The number of carbonyl (C=O) groups is 2. The lowest BCUT2D eigenvalue weighted by Crippen LogP contribution is -2.46. The van der Waals surface area contributed by atoms with E-state index < -0.39 is 0 Å². The van der Waals surface area contributed by atoms with Crippen molar-refractivity contribution in [2.75, 3.05) is 24.5 Å². The summed E-state index contributed by atoms with van der Waals surface area (Å²) in [6.45, 7) is 6.79. The molecule has 0 saturated carbocycles. The Hall–Kier alpha value is -1.59. The zero-order valence-electron chi connectivity index (χ0n) is 14.9. The summed E-state index contributed by atoms with van der Waals surface area (Å²) in [6, 6.07) is 7.71. The Balaban J connectivity index is 1.55. The molecule has 1 atom stereocenters. The van der Waals surface area contributed by atoms with Gasteiger partial charge in [0.15, 0.2) is 0 Å². The molecule has 2 saturated heterocycles. The Morgan fingerprint density at radius 3 is 2.56 bits per heavy atom. The molecule has 25 heavy (non-hydrogen) atoms. The van der Waals surface area contributed by atoms with Crippen LogP contribution < -0.4 is 10.2 Å². The van der Waals surface area contributed by atoms with Crippen molar-refractivity contribution in [1.29, 1.82) is 0 Å². The van der Waals surface area contributed by atoms with Crippen molar-refractivity contribution < 1.29 is 9.59 Å². The lowest BCUT2D eigenvalue weighted by atomic mass is 9.95. The molecule has 0 spiro atoms. The monoisotopic (exact) mass is 363 g/mol. The van der Waals surface area contributed by atoms with E-state index in [2.05, 4.69) is 24.1 Å². The average Bonchev–Trinajstić information content (AvgIpc) is 2.95. The number of rotatable bonds is 4. The van der Waals surface area contributed by atoms with Crippen LogP contribution >= 0.6 is 11.6 Å². The summed E-state index contributed by atoms with van der Waals surface area (Å²) < 4.78 is 0. The number of likely N-dealkylation sites (tertiary alicyclic amines) is 1. The first kappa shape index (κ1) is 18.2. The largest absolute Gasteiger partial charge is 0.351 e. The fourth-order valence-electron chi connectivity index (χ4n) is 3.70. The van der Waals surface area contributed by atoms with Crippen LogP contribution in [0.3, 0.4) is 0 Å². The van der Waals surface area contributed by atoms with Gasteiger partial charge in [0.05, 0.1) is 16.8 Å². The van der Waals surface area contributed by atoms with Crippen molar-refractivity contribution in [2.45, 2.75) is 45.2 Å². The molecule has 136 valence electrons. The molecular weight excluding hydrogens is 338 g/mol. The Labute approximate surface area is 154 Å². The molecular formula is C19H26ClN3O2. The van der Waals surface area contributed by atoms with Gasteiger partial charge in [-0.3, -0.25) is 9.59 Å². The van der Waals surface area contributed by atoms with Crippen LogP contribution in [0.5, 0.6) is 0 Å². The van der Waals surface area contributed by atoms with E-state index in [0.29, 0.717) is 24.0 Å². The van der Waals surface area contributed by atoms with Crippen molar-refractivity contribution in [2.24, 2.45) is 5.92 Å². The van der Waals surface area contributed by atoms with Gasteiger partial charge in [0.25, 0.3) is 0 Å². The molecule has 2 amide bonds. The maximum atomic E-state index is 12.6. The summed E-state index contributed by atoms with van der Waals surface area (Å²) in [5.41, 5.74) is 0.719. The highest BCUT2D eigenvalue weighted by Crippen LogP contribution is 2.29. The molecule has 1 unspecified atom stereocenters. The van der Waals surface area contributed by atoms with Crippen LogP contribution in [0.1, 0.15) is 33.1 Å². The normalized spacial score (nSPS) is 22.6. The van der Waals surface area contributed by atoms with Crippen molar-refractivity contribution in [3.63, 3.8) is 0 Å². The van der Waals surface area contributed by atoms with E-state index in [1.54, 1.807) is 11.0 Å². The van der Waals surface area contributed by atoms with Gasteiger partial charge in [0, 0.05) is 24.9 Å². The number of nitrogens with one attached hydrogen (secondary N) is 1. The van der Waals surface area contributed by atoms with Gasteiger partial charge in [0.2, 0.25) is 11.8 Å². The van der Waals surface area contributed by atoms with Crippen LogP contribution in [0, 0.1) is 5.92 Å². The second-order valence-corrected chi connectivity index (χ2v) is 7.68. The third-order valence-corrected chi connectivity index (χ3v) is 5.56. The van der Waals surface area contributed by atoms with Crippen LogP contribution in [0.4, 0.5) is 5.69 Å². The molecule has 2 aliphatic heterocycles. The quantitative estimate of drug-likeness (QED) is 0.894. The molecule has 5 nitrogen and oxygen atoms in total. The first-order valence-corrected chi connectivity index (χ1v) is 9.43. The number of piperidine rings is 1. The van der Waals surface area contributed by atoms with Crippen molar-refractivity contribution >= 4 is 29.1 Å². The van der Waals surface area contributed by atoms with Crippen LogP contribution in [-0.4, -0.2) is 48.4 Å². The highest BCUT2D eigenvalue weighted by Gasteiger charge is 2.34. The Bertz CT molecular complexity index is 641. The van der Waals surface area contributed by atoms with Crippen molar-refractivity contribution in [3.05, 3.63) is 29.3 Å². The third kappa shape index (κ3) is 4.15. The summed E-state index contributed by atoms with van der Waals surface area (Å²) in [5.74, 6) is 0.148. The average molecular weight is 364 g/mol. The van der Waals surface area contributed by atoms with Crippen LogP contribution in [-0.2, 0) is 9.59 Å². The number of hydrogen-bond donors (Lipinski definition) is 1. The molecule has 0 aliphatic carbocycles. The molecule has 2 aliphatic rings. The number of amides is 2. The molecule has 2 heterocycles. The lowest BCUT2D eigenvalue weighted by Gasteiger charge is -2.34. The molecule has 6 heteroatoms. The molecule has 1 N–H and O–H groups in total. The number of para-hydroxylation sites is 1. The van der Waals surface area contributed by atoms with Crippen LogP contribution in [0.2, 0.25) is 5.02 Å². The van der Waals surface area contributed by atoms with Gasteiger partial charge in [0.1, 0.15) is 0 Å². The van der Waals surface area contributed by atoms with Gasteiger partial charge in [-0.15, -0.1) is 0 Å². The summed E-state index contributed by atoms with van der Waals surface area (Å²) >= 11 is 6.20. The van der Waals surface area contributed by atoms with Gasteiger partial charge in [-0.2, -0.15) is 0 Å². The number of anilines is 1. The number of nitrogens with zero attached hydrogens (tertiary/aromatic N) is 2. The van der Waals surface area contributed by atoms with Gasteiger partial charge in [-0.25, -0.2) is 0 Å². The lowest BCUT2D eigenvalue weighted by molar-refractivity contribution is -0.127. The van der Waals surface area contributed by atoms with Crippen molar-refractivity contribution in [1.82, 2.24) is 10.2 Å². The van der Waals surface area contributed by atoms with E-state index in [4.69, 9.17) is 11.6 Å². The second-order valence-electron chi connectivity index (χ2n) is 7.27. The number of hydrogen-bond acceptors (Lipinski definition) is 3. The van der Waals surface area contributed by atoms with E-state index >= 15 is 0 Å². The Morgan fingerprint density at radius 1 is 1.24 bits per heavy atom. The van der Waals surface area contributed by atoms with Gasteiger partial charge >= 0.3 is 0 Å². The topological polar surface area (TPSA) is 52.7 Å². The fraction of sp³-hybridized carbons (Fsp3) is 0.579. The molecule has 1 aromatic rings.